The first kappa shape index (κ1) is 16.6. The van der Waals surface area contributed by atoms with Gasteiger partial charge in [-0.3, -0.25) is 9.00 Å². The summed E-state index contributed by atoms with van der Waals surface area (Å²) in [6.45, 7) is 3.46. The number of amides is 1. The van der Waals surface area contributed by atoms with Crippen LogP contribution in [0.25, 0.3) is 0 Å². The van der Waals surface area contributed by atoms with Gasteiger partial charge in [-0.1, -0.05) is 25.1 Å². The van der Waals surface area contributed by atoms with Crippen LogP contribution in [0.5, 0.6) is 0 Å². The van der Waals surface area contributed by atoms with Crippen molar-refractivity contribution in [3.8, 4) is 0 Å². The maximum Gasteiger partial charge on any atom is 0.252 e. The monoisotopic (exact) mass is 343 g/mol. The van der Waals surface area contributed by atoms with Crippen molar-refractivity contribution in [1.29, 1.82) is 0 Å². The van der Waals surface area contributed by atoms with Crippen molar-refractivity contribution in [3.05, 3.63) is 54.2 Å². The van der Waals surface area contributed by atoms with E-state index in [9.17, 15) is 9.00 Å². The SMILES string of the molecule is CC[S@](=O)c1ccccc1C(=O)N[C@@H]1CCN(c2ccccn2)C1. The second-order valence-corrected chi connectivity index (χ2v) is 7.43. The first-order valence-corrected chi connectivity index (χ1v) is 9.45. The maximum absolute atomic E-state index is 12.6. The second kappa shape index (κ2) is 7.57. The van der Waals surface area contributed by atoms with E-state index in [2.05, 4.69) is 15.2 Å². The number of benzene rings is 1. The highest BCUT2D eigenvalue weighted by Crippen LogP contribution is 2.19. The first-order chi connectivity index (χ1) is 11.7. The van der Waals surface area contributed by atoms with Crippen LogP contribution in [0.3, 0.4) is 0 Å². The molecular formula is C18H21N3O2S. The van der Waals surface area contributed by atoms with Crippen LogP contribution in [0.4, 0.5) is 5.82 Å². The zero-order valence-corrected chi connectivity index (χ0v) is 14.5. The van der Waals surface area contributed by atoms with Crippen molar-refractivity contribution in [2.45, 2.75) is 24.3 Å². The minimum atomic E-state index is -1.14. The normalized spacial score (nSPS) is 18.4. The number of hydrogen-bond donors (Lipinski definition) is 1. The molecule has 1 amide bonds. The molecule has 0 bridgehead atoms. The van der Waals surface area contributed by atoms with E-state index in [0.717, 1.165) is 25.3 Å². The number of hydrogen-bond acceptors (Lipinski definition) is 4. The Hall–Kier alpha value is -2.21. The van der Waals surface area contributed by atoms with E-state index in [1.807, 2.05) is 31.2 Å². The van der Waals surface area contributed by atoms with Crippen molar-refractivity contribution in [2.75, 3.05) is 23.7 Å². The number of nitrogens with zero attached hydrogens (tertiary/aromatic N) is 2. The summed E-state index contributed by atoms with van der Waals surface area (Å²) >= 11 is 0. The lowest BCUT2D eigenvalue weighted by atomic mass is 10.2. The molecule has 1 aromatic heterocycles. The lowest BCUT2D eigenvalue weighted by molar-refractivity contribution is 0.0937. The predicted molar refractivity (Wildman–Crippen MR) is 95.7 cm³/mol. The molecule has 24 heavy (non-hydrogen) atoms. The molecule has 2 heterocycles. The Labute approximate surface area is 144 Å². The van der Waals surface area contributed by atoms with Gasteiger partial charge in [-0.15, -0.1) is 0 Å². The fraction of sp³-hybridized carbons (Fsp3) is 0.333. The summed E-state index contributed by atoms with van der Waals surface area (Å²) in [5, 5.41) is 3.07. The number of nitrogens with one attached hydrogen (secondary N) is 1. The summed E-state index contributed by atoms with van der Waals surface area (Å²) < 4.78 is 12.1. The lowest BCUT2D eigenvalue weighted by Gasteiger charge is -2.18. The highest BCUT2D eigenvalue weighted by Gasteiger charge is 2.26. The van der Waals surface area contributed by atoms with Crippen molar-refractivity contribution in [3.63, 3.8) is 0 Å². The standard InChI is InChI=1S/C18H21N3O2S/c1-2-24(23)16-8-4-3-7-15(16)18(22)20-14-10-12-21(13-14)17-9-5-6-11-19-17/h3-9,11,14H,2,10,12-13H2,1H3,(H,20,22)/t14-,24+/m1/s1. The molecule has 2 atom stereocenters. The second-order valence-electron chi connectivity index (χ2n) is 5.72. The zero-order chi connectivity index (χ0) is 16.9. The van der Waals surface area contributed by atoms with Gasteiger partial charge in [0.05, 0.1) is 21.3 Å². The zero-order valence-electron chi connectivity index (χ0n) is 13.6. The van der Waals surface area contributed by atoms with Crippen LogP contribution in [0, 0.1) is 0 Å². The molecule has 5 nitrogen and oxygen atoms in total. The lowest BCUT2D eigenvalue weighted by Crippen LogP contribution is -2.37. The topological polar surface area (TPSA) is 62.3 Å². The minimum Gasteiger partial charge on any atom is -0.354 e. The van der Waals surface area contributed by atoms with Crippen molar-refractivity contribution >= 4 is 22.5 Å². The average molecular weight is 343 g/mol. The van der Waals surface area contributed by atoms with Crippen LogP contribution in [0.1, 0.15) is 23.7 Å². The van der Waals surface area contributed by atoms with Crippen LogP contribution < -0.4 is 10.2 Å². The highest BCUT2D eigenvalue weighted by molar-refractivity contribution is 7.85. The Bertz CT molecular complexity index is 736. The number of carbonyl (C=O) groups is 1. The van der Waals surface area contributed by atoms with Crippen molar-refractivity contribution in [1.82, 2.24) is 10.3 Å². The van der Waals surface area contributed by atoms with E-state index in [0.29, 0.717) is 16.2 Å². The van der Waals surface area contributed by atoms with Gasteiger partial charge in [0, 0.05) is 31.1 Å². The molecule has 2 aromatic rings. The van der Waals surface area contributed by atoms with Gasteiger partial charge < -0.3 is 10.2 Å². The minimum absolute atomic E-state index is 0.0719. The summed E-state index contributed by atoms with van der Waals surface area (Å²) in [6, 6.07) is 13.0. The molecule has 1 aromatic carbocycles. The molecule has 0 spiro atoms. The van der Waals surface area contributed by atoms with Gasteiger partial charge in [0.25, 0.3) is 5.91 Å². The molecule has 0 radical (unpaired) electrons. The van der Waals surface area contributed by atoms with E-state index in [1.165, 1.54) is 0 Å². The Morgan fingerprint density at radius 3 is 2.83 bits per heavy atom. The fourth-order valence-corrected chi connectivity index (χ4v) is 3.85. The molecule has 1 aliphatic rings. The number of aromatic nitrogens is 1. The molecule has 0 saturated carbocycles. The summed E-state index contributed by atoms with van der Waals surface area (Å²) in [5.74, 6) is 1.28. The Balaban J connectivity index is 1.67. The summed E-state index contributed by atoms with van der Waals surface area (Å²) in [6.07, 6.45) is 2.65. The van der Waals surface area contributed by atoms with E-state index >= 15 is 0 Å². The van der Waals surface area contributed by atoms with E-state index in [-0.39, 0.29) is 11.9 Å². The van der Waals surface area contributed by atoms with Crippen LogP contribution in [-0.2, 0) is 10.8 Å². The Kier molecular flexibility index (Phi) is 5.25. The van der Waals surface area contributed by atoms with Gasteiger partial charge in [0.15, 0.2) is 0 Å². The third-order valence-electron chi connectivity index (χ3n) is 4.14. The molecule has 3 rings (SSSR count). The molecule has 1 N–H and O–H groups in total. The highest BCUT2D eigenvalue weighted by atomic mass is 32.2. The van der Waals surface area contributed by atoms with Crippen LogP contribution in [0.2, 0.25) is 0 Å². The van der Waals surface area contributed by atoms with E-state index in [4.69, 9.17) is 0 Å². The molecular weight excluding hydrogens is 322 g/mol. The molecule has 0 unspecified atom stereocenters. The third-order valence-corrected chi connectivity index (χ3v) is 5.51. The third kappa shape index (κ3) is 3.64. The smallest absolute Gasteiger partial charge is 0.252 e. The Morgan fingerprint density at radius 1 is 1.29 bits per heavy atom. The number of rotatable bonds is 5. The molecule has 1 saturated heterocycles. The number of pyridine rings is 1. The van der Waals surface area contributed by atoms with Crippen LogP contribution in [-0.4, -0.2) is 40.0 Å². The number of carbonyl (C=O) groups excluding carboxylic acids is 1. The van der Waals surface area contributed by atoms with Crippen molar-refractivity contribution < 1.29 is 9.00 Å². The molecule has 1 fully saturated rings. The Morgan fingerprint density at radius 2 is 2.08 bits per heavy atom. The van der Waals surface area contributed by atoms with Gasteiger partial charge in [0.2, 0.25) is 0 Å². The summed E-state index contributed by atoms with van der Waals surface area (Å²) in [5.41, 5.74) is 0.508. The number of anilines is 1. The maximum atomic E-state index is 12.6. The van der Waals surface area contributed by atoms with Crippen molar-refractivity contribution in [2.24, 2.45) is 0 Å². The van der Waals surface area contributed by atoms with Gasteiger partial charge >= 0.3 is 0 Å². The van der Waals surface area contributed by atoms with Gasteiger partial charge in [-0.05, 0) is 30.7 Å². The molecule has 6 heteroatoms. The molecule has 0 aliphatic carbocycles. The average Bonchev–Trinajstić information content (AvgIpc) is 3.10. The van der Waals surface area contributed by atoms with Gasteiger partial charge in [-0.25, -0.2) is 4.98 Å². The first-order valence-electron chi connectivity index (χ1n) is 8.13. The quantitative estimate of drug-likeness (QED) is 0.904. The summed E-state index contributed by atoms with van der Waals surface area (Å²) in [7, 11) is -1.14. The van der Waals surface area contributed by atoms with Gasteiger partial charge in [0.1, 0.15) is 5.82 Å². The summed E-state index contributed by atoms with van der Waals surface area (Å²) in [4.78, 5) is 19.7. The van der Waals surface area contributed by atoms with Crippen LogP contribution in [0.15, 0.2) is 53.6 Å². The largest absolute Gasteiger partial charge is 0.354 e. The van der Waals surface area contributed by atoms with Crippen LogP contribution >= 0.6 is 0 Å². The predicted octanol–water partition coefficient (Wildman–Crippen LogP) is 2.22. The molecule has 1 aliphatic heterocycles. The molecule has 126 valence electrons. The fourth-order valence-electron chi connectivity index (χ4n) is 2.90. The van der Waals surface area contributed by atoms with E-state index < -0.39 is 10.8 Å². The van der Waals surface area contributed by atoms with E-state index in [1.54, 1.807) is 24.4 Å². The van der Waals surface area contributed by atoms with Gasteiger partial charge in [-0.2, -0.15) is 0 Å².